The number of hydrogen-bond acceptors (Lipinski definition) is 3. The predicted octanol–water partition coefficient (Wildman–Crippen LogP) is 6.43. The molecule has 0 spiro atoms. The van der Waals surface area contributed by atoms with Crippen molar-refractivity contribution in [3.05, 3.63) is 97.1 Å². The van der Waals surface area contributed by atoms with Crippen LogP contribution in [-0.2, 0) is 4.79 Å². The van der Waals surface area contributed by atoms with Gasteiger partial charge in [0, 0.05) is 11.1 Å². The summed E-state index contributed by atoms with van der Waals surface area (Å²) in [4.78, 5) is 12.8. The van der Waals surface area contributed by atoms with E-state index in [1.54, 1.807) is 0 Å². The molecule has 0 bridgehead atoms. The van der Waals surface area contributed by atoms with E-state index in [0.29, 0.717) is 23.6 Å². The minimum atomic E-state index is -0.587. The molecule has 0 radical (unpaired) electrons. The van der Waals surface area contributed by atoms with Crippen molar-refractivity contribution in [2.75, 3.05) is 5.32 Å². The smallest absolute Gasteiger partial charge is 0.265 e. The van der Waals surface area contributed by atoms with Gasteiger partial charge in [-0.1, -0.05) is 61.5 Å². The van der Waals surface area contributed by atoms with Gasteiger partial charge in [-0.2, -0.15) is 0 Å². The van der Waals surface area contributed by atoms with Gasteiger partial charge in [0.25, 0.3) is 5.91 Å². The quantitative estimate of drug-likeness (QED) is 0.391. The van der Waals surface area contributed by atoms with Gasteiger partial charge in [0.15, 0.2) is 6.10 Å². The zero-order valence-electron chi connectivity index (χ0n) is 16.7. The van der Waals surface area contributed by atoms with Crippen LogP contribution in [0.25, 0.3) is 10.8 Å². The van der Waals surface area contributed by atoms with E-state index in [0.717, 1.165) is 16.5 Å². The van der Waals surface area contributed by atoms with Crippen molar-refractivity contribution in [3.8, 4) is 17.2 Å². The molecular weight excluding hydrogens is 374 g/mol. The van der Waals surface area contributed by atoms with Crippen molar-refractivity contribution >= 4 is 22.4 Å². The Kier molecular flexibility index (Phi) is 5.95. The number of nitrogens with one attached hydrogen (secondary N) is 1. The van der Waals surface area contributed by atoms with E-state index in [-0.39, 0.29) is 5.91 Å². The summed E-state index contributed by atoms with van der Waals surface area (Å²) < 4.78 is 11.9. The molecule has 4 aromatic rings. The summed E-state index contributed by atoms with van der Waals surface area (Å²) in [7, 11) is 0. The summed E-state index contributed by atoms with van der Waals surface area (Å²) in [5, 5.41) is 5.01. The third kappa shape index (κ3) is 4.61. The van der Waals surface area contributed by atoms with Gasteiger partial charge in [0.2, 0.25) is 0 Å². The van der Waals surface area contributed by atoms with Crippen molar-refractivity contribution in [1.29, 1.82) is 0 Å². The van der Waals surface area contributed by atoms with Crippen LogP contribution >= 0.6 is 0 Å². The zero-order valence-corrected chi connectivity index (χ0v) is 16.7. The monoisotopic (exact) mass is 397 g/mol. The van der Waals surface area contributed by atoms with Gasteiger partial charge in [0.05, 0.1) is 0 Å². The van der Waals surface area contributed by atoms with E-state index in [4.69, 9.17) is 9.47 Å². The van der Waals surface area contributed by atoms with Crippen LogP contribution in [0.1, 0.15) is 13.3 Å². The van der Waals surface area contributed by atoms with E-state index < -0.39 is 6.10 Å². The Morgan fingerprint density at radius 2 is 1.47 bits per heavy atom. The maximum atomic E-state index is 12.8. The topological polar surface area (TPSA) is 47.6 Å². The van der Waals surface area contributed by atoms with E-state index in [1.807, 2.05) is 104 Å². The van der Waals surface area contributed by atoms with Crippen LogP contribution in [0.3, 0.4) is 0 Å². The molecule has 0 aromatic heterocycles. The molecule has 4 aromatic carbocycles. The molecule has 4 heteroatoms. The number of fused-ring (bicyclic) bond motifs is 1. The third-order valence-electron chi connectivity index (χ3n) is 4.78. The summed E-state index contributed by atoms with van der Waals surface area (Å²) >= 11 is 0. The fraction of sp³-hybridized carbons (Fsp3) is 0.115. The number of benzene rings is 4. The Morgan fingerprint density at radius 1 is 0.800 bits per heavy atom. The number of carbonyl (C=O) groups excluding carboxylic acids is 1. The van der Waals surface area contributed by atoms with Crippen molar-refractivity contribution in [2.24, 2.45) is 0 Å². The van der Waals surface area contributed by atoms with Crippen LogP contribution in [0.15, 0.2) is 97.1 Å². The lowest BCUT2D eigenvalue weighted by molar-refractivity contribution is -0.122. The lowest BCUT2D eigenvalue weighted by Crippen LogP contribution is -2.32. The lowest BCUT2D eigenvalue weighted by Gasteiger charge is -2.18. The molecule has 0 aliphatic carbocycles. The summed E-state index contributed by atoms with van der Waals surface area (Å²) in [6, 6.07) is 30.7. The standard InChI is InChI=1S/C26H23NO3/c1-2-24(30-25-14-8-10-19-9-6-7-13-23(19)25)26(28)27-20-15-17-22(18-16-20)29-21-11-4-3-5-12-21/h3-18,24H,2H2,1H3,(H,27,28)/t24-/m0/s1. The first kappa shape index (κ1) is 19.5. The van der Waals surface area contributed by atoms with E-state index in [1.165, 1.54) is 0 Å². The van der Waals surface area contributed by atoms with E-state index >= 15 is 0 Å². The van der Waals surface area contributed by atoms with Gasteiger partial charge in [-0.3, -0.25) is 4.79 Å². The Balaban J connectivity index is 1.43. The second kappa shape index (κ2) is 9.14. The number of ether oxygens (including phenoxy) is 2. The van der Waals surface area contributed by atoms with Crippen molar-refractivity contribution in [1.82, 2.24) is 0 Å². The molecule has 150 valence electrons. The minimum Gasteiger partial charge on any atom is -0.480 e. The highest BCUT2D eigenvalue weighted by molar-refractivity contribution is 5.95. The normalized spacial score (nSPS) is 11.6. The first-order valence-electron chi connectivity index (χ1n) is 10.0. The highest BCUT2D eigenvalue weighted by Crippen LogP contribution is 2.27. The molecule has 0 aliphatic rings. The molecule has 30 heavy (non-hydrogen) atoms. The van der Waals surface area contributed by atoms with Gasteiger partial charge < -0.3 is 14.8 Å². The van der Waals surface area contributed by atoms with Crippen molar-refractivity contribution < 1.29 is 14.3 Å². The van der Waals surface area contributed by atoms with E-state index in [9.17, 15) is 4.79 Å². The van der Waals surface area contributed by atoms with Gasteiger partial charge in [0.1, 0.15) is 17.2 Å². The molecule has 1 atom stereocenters. The summed E-state index contributed by atoms with van der Waals surface area (Å²) in [5.41, 5.74) is 0.695. The number of rotatable bonds is 7. The average Bonchev–Trinajstić information content (AvgIpc) is 2.79. The first-order valence-corrected chi connectivity index (χ1v) is 10.0. The SMILES string of the molecule is CC[C@H](Oc1cccc2ccccc12)C(=O)Nc1ccc(Oc2ccccc2)cc1. The third-order valence-corrected chi connectivity index (χ3v) is 4.78. The Hall–Kier alpha value is -3.79. The number of para-hydroxylation sites is 1. The van der Waals surface area contributed by atoms with Gasteiger partial charge in [-0.25, -0.2) is 0 Å². The van der Waals surface area contributed by atoms with Gasteiger partial charge in [-0.05, 0) is 54.3 Å². The number of hydrogen-bond donors (Lipinski definition) is 1. The molecule has 4 nitrogen and oxygen atoms in total. The average molecular weight is 397 g/mol. The molecule has 4 rings (SSSR count). The molecule has 1 N–H and O–H groups in total. The largest absolute Gasteiger partial charge is 0.480 e. The fourth-order valence-electron chi connectivity index (χ4n) is 3.23. The lowest BCUT2D eigenvalue weighted by atomic mass is 10.1. The predicted molar refractivity (Wildman–Crippen MR) is 120 cm³/mol. The molecule has 0 heterocycles. The molecule has 0 saturated carbocycles. The Labute approximate surface area is 176 Å². The first-order chi connectivity index (χ1) is 14.7. The maximum Gasteiger partial charge on any atom is 0.265 e. The molecule has 0 aliphatic heterocycles. The molecular formula is C26H23NO3. The summed E-state index contributed by atoms with van der Waals surface area (Å²) in [6.45, 7) is 1.94. The number of carbonyl (C=O) groups is 1. The van der Waals surface area contributed by atoms with Crippen LogP contribution < -0.4 is 14.8 Å². The van der Waals surface area contributed by atoms with Gasteiger partial charge in [-0.15, -0.1) is 0 Å². The summed E-state index contributed by atoms with van der Waals surface area (Å²) in [5.74, 6) is 2.01. The molecule has 0 saturated heterocycles. The van der Waals surface area contributed by atoms with Crippen LogP contribution in [0.5, 0.6) is 17.2 Å². The van der Waals surface area contributed by atoms with Crippen molar-refractivity contribution in [3.63, 3.8) is 0 Å². The minimum absolute atomic E-state index is 0.179. The molecule has 1 amide bonds. The van der Waals surface area contributed by atoms with Gasteiger partial charge >= 0.3 is 0 Å². The zero-order chi connectivity index (χ0) is 20.8. The van der Waals surface area contributed by atoms with Crippen LogP contribution in [0, 0.1) is 0 Å². The van der Waals surface area contributed by atoms with E-state index in [2.05, 4.69) is 5.32 Å². The Bertz CT molecular complexity index is 1120. The van der Waals surface area contributed by atoms with Crippen molar-refractivity contribution in [2.45, 2.75) is 19.4 Å². The Morgan fingerprint density at radius 3 is 2.23 bits per heavy atom. The van der Waals surface area contributed by atoms with Crippen LogP contribution in [0.4, 0.5) is 5.69 Å². The second-order valence-corrected chi connectivity index (χ2v) is 6.92. The fourth-order valence-corrected chi connectivity index (χ4v) is 3.23. The molecule has 0 fully saturated rings. The second-order valence-electron chi connectivity index (χ2n) is 6.92. The van der Waals surface area contributed by atoms with Crippen LogP contribution in [0.2, 0.25) is 0 Å². The molecule has 0 unspecified atom stereocenters. The van der Waals surface area contributed by atoms with Crippen LogP contribution in [-0.4, -0.2) is 12.0 Å². The number of amides is 1. The number of anilines is 1. The maximum absolute atomic E-state index is 12.8. The highest BCUT2D eigenvalue weighted by atomic mass is 16.5. The summed E-state index contributed by atoms with van der Waals surface area (Å²) in [6.07, 6.45) is -0.0272. The highest BCUT2D eigenvalue weighted by Gasteiger charge is 2.19.